The summed E-state index contributed by atoms with van der Waals surface area (Å²) >= 11 is 0. The molecule has 1 unspecified atom stereocenters. The van der Waals surface area contributed by atoms with Gasteiger partial charge >= 0.3 is 0 Å². The summed E-state index contributed by atoms with van der Waals surface area (Å²) in [4.78, 5) is 0. The maximum Gasteiger partial charge on any atom is 0.235 e. The minimum absolute atomic E-state index is 0.344. The van der Waals surface area contributed by atoms with E-state index in [1.54, 1.807) is 24.3 Å². The molecule has 0 N–H and O–H groups in total. The molecule has 0 aliphatic carbocycles. The second-order valence-corrected chi connectivity index (χ2v) is 6.09. The van der Waals surface area contributed by atoms with Crippen LogP contribution in [0.15, 0.2) is 24.3 Å². The molecule has 1 atom stereocenters. The molecule has 1 aromatic rings. The molecule has 5 heteroatoms. The van der Waals surface area contributed by atoms with Gasteiger partial charge in [0.15, 0.2) is 0 Å². The lowest BCUT2D eigenvalue weighted by atomic mass is 10.1. The van der Waals surface area contributed by atoms with Gasteiger partial charge in [0, 0.05) is 10.7 Å². The van der Waals surface area contributed by atoms with Crippen LogP contribution in [0.25, 0.3) is 0 Å². The molecular weight excluding hydrogens is 239 g/mol. The number of halogens is 2. The van der Waals surface area contributed by atoms with Crippen molar-refractivity contribution < 1.29 is 12.8 Å². The molecule has 0 aliphatic rings. The lowest BCUT2D eigenvalue weighted by molar-refractivity contribution is 0.375. The summed E-state index contributed by atoms with van der Waals surface area (Å²) in [7, 11) is 1.18. The highest BCUT2D eigenvalue weighted by atomic mass is 35.7. The summed E-state index contributed by atoms with van der Waals surface area (Å²) in [5.41, 5.74) is 1.43. The molecule has 0 saturated carbocycles. The molecule has 0 bridgehead atoms. The van der Waals surface area contributed by atoms with Gasteiger partial charge in [-0.15, -0.1) is 0 Å². The number of alkyl halides is 1. The summed E-state index contributed by atoms with van der Waals surface area (Å²) in [6, 6.07) is 6.74. The Labute approximate surface area is 93.5 Å². The first-order valence-electron chi connectivity index (χ1n) is 4.57. The number of aryl methyl sites for hydroxylation is 1. The summed E-state index contributed by atoms with van der Waals surface area (Å²) in [6.45, 7) is 1.99. The Morgan fingerprint density at radius 2 is 1.87 bits per heavy atom. The van der Waals surface area contributed by atoms with Gasteiger partial charge < -0.3 is 0 Å². The molecular formula is C10H12ClFO2S. The zero-order valence-corrected chi connectivity index (χ0v) is 9.85. The van der Waals surface area contributed by atoms with Crippen LogP contribution in [-0.4, -0.2) is 14.2 Å². The van der Waals surface area contributed by atoms with Crippen molar-refractivity contribution in [3.8, 4) is 0 Å². The topological polar surface area (TPSA) is 34.1 Å². The molecule has 1 aromatic carbocycles. The number of rotatable bonds is 4. The third-order valence-corrected chi connectivity index (χ3v) is 3.16. The van der Waals surface area contributed by atoms with Crippen molar-refractivity contribution in [3.05, 3.63) is 35.4 Å². The molecule has 15 heavy (non-hydrogen) atoms. The van der Waals surface area contributed by atoms with Gasteiger partial charge in [0.1, 0.15) is 11.9 Å². The van der Waals surface area contributed by atoms with Gasteiger partial charge in [-0.2, -0.15) is 0 Å². The lowest BCUT2D eigenvalue weighted by Crippen LogP contribution is -2.05. The fourth-order valence-electron chi connectivity index (χ4n) is 1.23. The quantitative estimate of drug-likeness (QED) is 0.770. The average molecular weight is 251 g/mol. The van der Waals surface area contributed by atoms with E-state index in [2.05, 4.69) is 0 Å². The third kappa shape index (κ3) is 4.18. The normalized spacial score (nSPS) is 13.8. The summed E-state index contributed by atoms with van der Waals surface area (Å²) in [5, 5.41) is 0. The van der Waals surface area contributed by atoms with E-state index < -0.39 is 21.0 Å². The minimum atomic E-state index is -3.79. The standard InChI is InChI=1S/C10H12ClFO2S/c1-2-8-3-5-9(6-4-8)10(12)7-15(11,13)14/h3-6,10H,2,7H2,1H3. The van der Waals surface area contributed by atoms with Crippen LogP contribution in [0.2, 0.25) is 0 Å². The monoisotopic (exact) mass is 250 g/mol. The Morgan fingerprint density at radius 3 is 2.27 bits per heavy atom. The van der Waals surface area contributed by atoms with Gasteiger partial charge in [0.05, 0.1) is 0 Å². The van der Waals surface area contributed by atoms with Gasteiger partial charge in [0.2, 0.25) is 9.05 Å². The van der Waals surface area contributed by atoms with Crippen molar-refractivity contribution in [1.29, 1.82) is 0 Å². The SMILES string of the molecule is CCc1ccc(C(F)CS(=O)(=O)Cl)cc1. The largest absolute Gasteiger partial charge is 0.241 e. The molecule has 0 saturated heterocycles. The lowest BCUT2D eigenvalue weighted by Gasteiger charge is -2.06. The fraction of sp³-hybridized carbons (Fsp3) is 0.400. The van der Waals surface area contributed by atoms with E-state index in [0.717, 1.165) is 12.0 Å². The van der Waals surface area contributed by atoms with Gasteiger partial charge in [-0.25, -0.2) is 12.8 Å². The average Bonchev–Trinajstić information content (AvgIpc) is 2.15. The Kier molecular flexibility index (Phi) is 4.11. The van der Waals surface area contributed by atoms with Crippen molar-refractivity contribution in [1.82, 2.24) is 0 Å². The van der Waals surface area contributed by atoms with E-state index in [1.807, 2.05) is 6.92 Å². The third-order valence-electron chi connectivity index (χ3n) is 2.10. The Morgan fingerprint density at radius 1 is 1.33 bits per heavy atom. The van der Waals surface area contributed by atoms with E-state index in [9.17, 15) is 12.8 Å². The Bertz CT molecular complexity index is 414. The molecule has 1 rings (SSSR count). The molecule has 0 amide bonds. The van der Waals surface area contributed by atoms with Gasteiger partial charge in [-0.1, -0.05) is 31.2 Å². The molecule has 0 heterocycles. The second kappa shape index (κ2) is 4.94. The van der Waals surface area contributed by atoms with Crippen LogP contribution in [0, 0.1) is 0 Å². The first-order chi connectivity index (χ1) is 6.92. The zero-order chi connectivity index (χ0) is 11.5. The first-order valence-corrected chi connectivity index (χ1v) is 7.05. The zero-order valence-electron chi connectivity index (χ0n) is 8.28. The van der Waals surface area contributed by atoms with Crippen LogP contribution < -0.4 is 0 Å². The summed E-state index contributed by atoms with van der Waals surface area (Å²) in [5.74, 6) is -0.681. The number of benzene rings is 1. The van der Waals surface area contributed by atoms with Crippen molar-refractivity contribution in [2.24, 2.45) is 0 Å². The molecule has 0 fully saturated rings. The Balaban J connectivity index is 2.78. The van der Waals surface area contributed by atoms with Gasteiger partial charge in [-0.3, -0.25) is 0 Å². The first kappa shape index (κ1) is 12.5. The van der Waals surface area contributed by atoms with Crippen LogP contribution in [0.4, 0.5) is 4.39 Å². The number of hydrogen-bond acceptors (Lipinski definition) is 2. The van der Waals surface area contributed by atoms with Crippen molar-refractivity contribution in [3.63, 3.8) is 0 Å². The van der Waals surface area contributed by atoms with Crippen LogP contribution >= 0.6 is 10.7 Å². The fourth-order valence-corrected chi connectivity index (χ4v) is 2.11. The minimum Gasteiger partial charge on any atom is -0.241 e. The van der Waals surface area contributed by atoms with Gasteiger partial charge in [-0.05, 0) is 17.5 Å². The predicted molar refractivity (Wildman–Crippen MR) is 59.3 cm³/mol. The van der Waals surface area contributed by atoms with Crippen LogP contribution in [0.3, 0.4) is 0 Å². The molecule has 0 spiro atoms. The summed E-state index contributed by atoms with van der Waals surface area (Å²) in [6.07, 6.45) is -0.691. The highest BCUT2D eigenvalue weighted by Gasteiger charge is 2.17. The Hall–Kier alpha value is -0.610. The van der Waals surface area contributed by atoms with Crippen molar-refractivity contribution in [2.75, 3.05) is 5.75 Å². The van der Waals surface area contributed by atoms with Crippen LogP contribution in [-0.2, 0) is 15.5 Å². The van der Waals surface area contributed by atoms with E-state index in [-0.39, 0.29) is 0 Å². The van der Waals surface area contributed by atoms with E-state index in [0.29, 0.717) is 5.56 Å². The maximum absolute atomic E-state index is 13.4. The molecule has 2 nitrogen and oxygen atoms in total. The predicted octanol–water partition coefficient (Wildman–Crippen LogP) is 2.83. The van der Waals surface area contributed by atoms with E-state index in [1.165, 1.54) is 0 Å². The molecule has 0 radical (unpaired) electrons. The molecule has 0 aliphatic heterocycles. The van der Waals surface area contributed by atoms with E-state index in [4.69, 9.17) is 10.7 Å². The number of hydrogen-bond donors (Lipinski definition) is 0. The highest BCUT2D eigenvalue weighted by Crippen LogP contribution is 2.21. The van der Waals surface area contributed by atoms with Crippen molar-refractivity contribution >= 4 is 19.7 Å². The van der Waals surface area contributed by atoms with Crippen molar-refractivity contribution in [2.45, 2.75) is 19.5 Å². The summed E-state index contributed by atoms with van der Waals surface area (Å²) < 4.78 is 34.7. The molecule has 84 valence electrons. The van der Waals surface area contributed by atoms with Gasteiger partial charge in [0.25, 0.3) is 0 Å². The van der Waals surface area contributed by atoms with Crippen LogP contribution in [0.1, 0.15) is 24.2 Å². The molecule has 0 aromatic heterocycles. The maximum atomic E-state index is 13.4. The smallest absolute Gasteiger partial charge is 0.235 e. The highest BCUT2D eigenvalue weighted by molar-refractivity contribution is 8.13. The van der Waals surface area contributed by atoms with Crippen LogP contribution in [0.5, 0.6) is 0 Å². The second-order valence-electron chi connectivity index (χ2n) is 3.27. The van der Waals surface area contributed by atoms with E-state index >= 15 is 0 Å².